The van der Waals surface area contributed by atoms with Crippen molar-refractivity contribution in [2.24, 2.45) is 11.8 Å². The molecule has 0 aliphatic carbocycles. The lowest BCUT2D eigenvalue weighted by Gasteiger charge is -2.11. The molecule has 0 saturated heterocycles. The number of hydrogen-bond acceptors (Lipinski definition) is 4. The van der Waals surface area contributed by atoms with E-state index in [9.17, 15) is 9.59 Å². The molecule has 1 atom stereocenters. The van der Waals surface area contributed by atoms with Crippen molar-refractivity contribution in [2.75, 3.05) is 26.7 Å². The average Bonchev–Trinajstić information content (AvgIpc) is 2.24. The zero-order chi connectivity index (χ0) is 12.6. The Morgan fingerprint density at radius 3 is 2.31 bits per heavy atom. The molecular formula is C11H22N2O3. The van der Waals surface area contributed by atoms with Gasteiger partial charge in [-0.05, 0) is 5.92 Å². The van der Waals surface area contributed by atoms with Crippen LogP contribution in [0.3, 0.4) is 0 Å². The molecular weight excluding hydrogens is 208 g/mol. The Hall–Kier alpha value is -1.10. The summed E-state index contributed by atoms with van der Waals surface area (Å²) in [4.78, 5) is 22.3. The Morgan fingerprint density at radius 2 is 1.81 bits per heavy atom. The maximum absolute atomic E-state index is 11.3. The smallest absolute Gasteiger partial charge is 0.309 e. The molecule has 5 heteroatoms. The largest absolute Gasteiger partial charge is 0.469 e. The summed E-state index contributed by atoms with van der Waals surface area (Å²) in [5, 5.41) is 5.69. The quantitative estimate of drug-likeness (QED) is 0.611. The first-order valence-corrected chi connectivity index (χ1v) is 5.52. The van der Waals surface area contributed by atoms with Gasteiger partial charge < -0.3 is 15.4 Å². The van der Waals surface area contributed by atoms with E-state index in [1.54, 1.807) is 6.92 Å². The number of hydrogen-bond donors (Lipinski definition) is 2. The highest BCUT2D eigenvalue weighted by Crippen LogP contribution is 1.94. The van der Waals surface area contributed by atoms with Gasteiger partial charge in [0.05, 0.1) is 19.6 Å². The summed E-state index contributed by atoms with van der Waals surface area (Å²) in [5.74, 6) is -0.110. The van der Waals surface area contributed by atoms with Crippen molar-refractivity contribution in [3.05, 3.63) is 0 Å². The number of carbonyl (C=O) groups excluding carboxylic acids is 2. The second kappa shape index (κ2) is 8.10. The molecule has 0 aliphatic heterocycles. The van der Waals surface area contributed by atoms with Gasteiger partial charge in [-0.1, -0.05) is 20.8 Å². The lowest BCUT2D eigenvalue weighted by atomic mass is 10.2. The first-order chi connectivity index (χ1) is 7.47. The van der Waals surface area contributed by atoms with Crippen LogP contribution >= 0.6 is 0 Å². The molecule has 0 aromatic rings. The molecule has 0 bridgehead atoms. The van der Waals surface area contributed by atoms with Crippen LogP contribution in [-0.4, -0.2) is 38.6 Å². The van der Waals surface area contributed by atoms with Crippen molar-refractivity contribution in [3.8, 4) is 0 Å². The van der Waals surface area contributed by atoms with Crippen LogP contribution < -0.4 is 10.6 Å². The highest BCUT2D eigenvalue weighted by Gasteiger charge is 2.12. The second-order valence-corrected chi connectivity index (χ2v) is 4.25. The Morgan fingerprint density at radius 1 is 1.19 bits per heavy atom. The number of esters is 1. The number of rotatable bonds is 7. The van der Waals surface area contributed by atoms with E-state index in [1.165, 1.54) is 7.11 Å². The second-order valence-electron chi connectivity index (χ2n) is 4.25. The van der Waals surface area contributed by atoms with E-state index >= 15 is 0 Å². The average molecular weight is 230 g/mol. The highest BCUT2D eigenvalue weighted by atomic mass is 16.5. The zero-order valence-corrected chi connectivity index (χ0v) is 10.5. The fourth-order valence-corrected chi connectivity index (χ4v) is 1.07. The Bertz CT molecular complexity index is 229. The molecule has 0 heterocycles. The Balaban J connectivity index is 3.58. The minimum Gasteiger partial charge on any atom is -0.469 e. The van der Waals surface area contributed by atoms with Gasteiger partial charge >= 0.3 is 5.97 Å². The molecule has 0 aromatic heterocycles. The fourth-order valence-electron chi connectivity index (χ4n) is 1.07. The Kier molecular flexibility index (Phi) is 7.54. The monoisotopic (exact) mass is 230 g/mol. The van der Waals surface area contributed by atoms with Gasteiger partial charge in [-0.3, -0.25) is 9.59 Å². The molecule has 5 nitrogen and oxygen atoms in total. The minimum absolute atomic E-state index is 0.0502. The lowest BCUT2D eigenvalue weighted by Crippen LogP contribution is -2.38. The first kappa shape index (κ1) is 14.9. The van der Waals surface area contributed by atoms with Crippen LogP contribution in [0.4, 0.5) is 0 Å². The fraction of sp³-hybridized carbons (Fsp3) is 0.818. The third-order valence-corrected chi connectivity index (χ3v) is 2.05. The van der Waals surface area contributed by atoms with Crippen molar-refractivity contribution in [1.29, 1.82) is 0 Å². The molecule has 0 aliphatic rings. The molecule has 0 spiro atoms. The maximum atomic E-state index is 11.3. The predicted octanol–water partition coefficient (Wildman–Crippen LogP) is 0.157. The van der Waals surface area contributed by atoms with E-state index < -0.39 is 0 Å². The van der Waals surface area contributed by atoms with Crippen molar-refractivity contribution < 1.29 is 14.3 Å². The summed E-state index contributed by atoms with van der Waals surface area (Å²) in [7, 11) is 1.36. The van der Waals surface area contributed by atoms with Crippen LogP contribution in [0.1, 0.15) is 20.8 Å². The molecule has 0 aromatic carbocycles. The molecule has 2 N–H and O–H groups in total. The van der Waals surface area contributed by atoms with Crippen LogP contribution in [0.25, 0.3) is 0 Å². The van der Waals surface area contributed by atoms with Crippen LogP contribution in [0.5, 0.6) is 0 Å². The zero-order valence-electron chi connectivity index (χ0n) is 10.5. The summed E-state index contributed by atoms with van der Waals surface area (Å²) in [6, 6.07) is 0. The summed E-state index contributed by atoms with van der Waals surface area (Å²) >= 11 is 0. The van der Waals surface area contributed by atoms with Gasteiger partial charge in [-0.15, -0.1) is 0 Å². The molecule has 0 saturated carbocycles. The van der Waals surface area contributed by atoms with Gasteiger partial charge in [-0.25, -0.2) is 0 Å². The molecule has 0 fully saturated rings. The summed E-state index contributed by atoms with van der Waals surface area (Å²) in [6.07, 6.45) is 0. The van der Waals surface area contributed by atoms with Crippen molar-refractivity contribution in [2.45, 2.75) is 20.8 Å². The van der Waals surface area contributed by atoms with Gasteiger partial charge in [0.15, 0.2) is 0 Å². The Labute approximate surface area is 96.9 Å². The summed E-state index contributed by atoms with van der Waals surface area (Å²) in [6.45, 7) is 7.17. The number of amides is 1. The topological polar surface area (TPSA) is 67.4 Å². The number of methoxy groups -OCH3 is 1. The van der Waals surface area contributed by atoms with E-state index in [2.05, 4.69) is 15.4 Å². The van der Waals surface area contributed by atoms with Crippen molar-refractivity contribution >= 4 is 11.9 Å². The van der Waals surface area contributed by atoms with E-state index in [4.69, 9.17) is 0 Å². The summed E-state index contributed by atoms with van der Waals surface area (Å²) in [5.41, 5.74) is 0. The predicted molar refractivity (Wildman–Crippen MR) is 61.9 cm³/mol. The molecule has 0 rings (SSSR count). The third-order valence-electron chi connectivity index (χ3n) is 2.05. The SMILES string of the molecule is COC(=O)C(C)CNCC(=O)NCC(C)C. The first-order valence-electron chi connectivity index (χ1n) is 5.52. The number of carbonyl (C=O) groups is 2. The maximum Gasteiger partial charge on any atom is 0.309 e. The van der Waals surface area contributed by atoms with Gasteiger partial charge in [0.25, 0.3) is 0 Å². The lowest BCUT2D eigenvalue weighted by molar-refractivity contribution is -0.144. The normalized spacial score (nSPS) is 12.3. The molecule has 16 heavy (non-hydrogen) atoms. The van der Waals surface area contributed by atoms with Gasteiger partial charge in [0.2, 0.25) is 5.91 Å². The third kappa shape index (κ3) is 7.23. The van der Waals surface area contributed by atoms with E-state index in [1.807, 2.05) is 13.8 Å². The molecule has 94 valence electrons. The summed E-state index contributed by atoms with van der Waals surface area (Å²) < 4.78 is 4.57. The van der Waals surface area contributed by atoms with E-state index in [-0.39, 0.29) is 24.3 Å². The number of ether oxygens (including phenoxy) is 1. The molecule has 0 radical (unpaired) electrons. The van der Waals surface area contributed by atoms with Crippen molar-refractivity contribution in [1.82, 2.24) is 10.6 Å². The van der Waals surface area contributed by atoms with Crippen molar-refractivity contribution in [3.63, 3.8) is 0 Å². The van der Waals surface area contributed by atoms with Crippen LogP contribution in [0.2, 0.25) is 0 Å². The highest BCUT2D eigenvalue weighted by molar-refractivity contribution is 5.78. The van der Waals surface area contributed by atoms with Crippen LogP contribution in [0, 0.1) is 11.8 Å². The van der Waals surface area contributed by atoms with Gasteiger partial charge in [0.1, 0.15) is 0 Å². The van der Waals surface area contributed by atoms with Crippen LogP contribution in [-0.2, 0) is 14.3 Å². The minimum atomic E-state index is -0.268. The molecule has 1 amide bonds. The number of nitrogens with one attached hydrogen (secondary N) is 2. The van der Waals surface area contributed by atoms with Gasteiger partial charge in [0, 0.05) is 13.1 Å². The molecule has 1 unspecified atom stereocenters. The van der Waals surface area contributed by atoms with Crippen LogP contribution in [0.15, 0.2) is 0 Å². The van der Waals surface area contributed by atoms with E-state index in [0.29, 0.717) is 19.0 Å². The van der Waals surface area contributed by atoms with Gasteiger partial charge in [-0.2, -0.15) is 0 Å². The standard InChI is InChI=1S/C11H22N2O3/c1-8(2)5-13-10(14)7-12-6-9(3)11(15)16-4/h8-9,12H,5-7H2,1-4H3,(H,13,14). The van der Waals surface area contributed by atoms with E-state index in [0.717, 1.165) is 0 Å².